The molecule has 2 aliphatic carbocycles. The Labute approximate surface area is 162 Å². The molecule has 142 valence electrons. The van der Waals surface area contributed by atoms with Crippen LogP contribution in [0.5, 0.6) is 0 Å². The second-order valence-corrected chi connectivity index (χ2v) is 9.24. The highest BCUT2D eigenvalue weighted by molar-refractivity contribution is 7.15. The number of hydrogen-bond acceptors (Lipinski definition) is 4. The number of piperidine rings is 1. The molecule has 0 unspecified atom stereocenters. The van der Waals surface area contributed by atoms with Crippen LogP contribution < -0.4 is 5.73 Å². The molecule has 1 aromatic heterocycles. The molecule has 0 radical (unpaired) electrons. The standard InChI is InChI=1S/C21H24FN3OS/c1-11-2-3-14(9-16(11)22)19-18(24-20(27-19)12-4-5-12)21(26)25-15-7-6-13(8-15)17(25)10-23/h2-3,9,12-13,15,17H,4-8,10,23H2,1H3/t13-,15+,17+/m0/s1. The van der Waals surface area contributed by atoms with Crippen molar-refractivity contribution < 1.29 is 9.18 Å². The van der Waals surface area contributed by atoms with Gasteiger partial charge in [-0.05, 0) is 62.1 Å². The van der Waals surface area contributed by atoms with Crippen molar-refractivity contribution in [3.05, 3.63) is 40.3 Å². The van der Waals surface area contributed by atoms with E-state index in [0.717, 1.165) is 47.6 Å². The molecule has 2 saturated carbocycles. The first-order valence-corrected chi connectivity index (χ1v) is 10.7. The Bertz CT molecular complexity index is 907. The van der Waals surface area contributed by atoms with Gasteiger partial charge in [0.2, 0.25) is 0 Å². The maximum Gasteiger partial charge on any atom is 0.274 e. The van der Waals surface area contributed by atoms with E-state index in [0.29, 0.717) is 29.6 Å². The predicted octanol–water partition coefficient (Wildman–Crippen LogP) is 4.09. The number of thiazole rings is 1. The summed E-state index contributed by atoms with van der Waals surface area (Å²) in [6.45, 7) is 2.25. The normalized spacial score (nSPS) is 26.8. The van der Waals surface area contributed by atoms with E-state index in [1.807, 2.05) is 11.0 Å². The van der Waals surface area contributed by atoms with Crippen molar-refractivity contribution in [1.82, 2.24) is 9.88 Å². The molecule has 5 rings (SSSR count). The Morgan fingerprint density at radius 3 is 2.85 bits per heavy atom. The average molecular weight is 386 g/mol. The largest absolute Gasteiger partial charge is 0.330 e. The topological polar surface area (TPSA) is 59.2 Å². The summed E-state index contributed by atoms with van der Waals surface area (Å²) in [5.41, 5.74) is 7.87. The zero-order valence-electron chi connectivity index (χ0n) is 15.5. The van der Waals surface area contributed by atoms with Crippen molar-refractivity contribution >= 4 is 17.2 Å². The number of rotatable bonds is 4. The van der Waals surface area contributed by atoms with Gasteiger partial charge >= 0.3 is 0 Å². The van der Waals surface area contributed by atoms with Crippen LogP contribution >= 0.6 is 11.3 Å². The number of hydrogen-bond donors (Lipinski definition) is 1. The van der Waals surface area contributed by atoms with Crippen LogP contribution in [-0.4, -0.2) is 34.4 Å². The minimum absolute atomic E-state index is 0.0169. The fourth-order valence-corrected chi connectivity index (χ4v) is 5.98. The molecule has 3 atom stereocenters. The van der Waals surface area contributed by atoms with E-state index in [9.17, 15) is 9.18 Å². The Hall–Kier alpha value is -1.79. The lowest BCUT2D eigenvalue weighted by atomic mass is 9.98. The summed E-state index contributed by atoms with van der Waals surface area (Å²) in [5, 5.41) is 1.02. The Kier molecular flexibility index (Phi) is 4.09. The third-order valence-corrected chi connectivity index (χ3v) is 7.69. The van der Waals surface area contributed by atoms with Gasteiger partial charge in [-0.1, -0.05) is 12.1 Å². The number of aryl methyl sites for hydroxylation is 1. The van der Waals surface area contributed by atoms with Gasteiger partial charge in [-0.15, -0.1) is 11.3 Å². The van der Waals surface area contributed by atoms with E-state index >= 15 is 0 Å². The van der Waals surface area contributed by atoms with Gasteiger partial charge in [0.25, 0.3) is 5.91 Å². The lowest BCUT2D eigenvalue weighted by molar-refractivity contribution is 0.0597. The minimum atomic E-state index is -0.243. The first-order valence-electron chi connectivity index (χ1n) is 9.86. The van der Waals surface area contributed by atoms with Gasteiger partial charge < -0.3 is 10.6 Å². The van der Waals surface area contributed by atoms with Gasteiger partial charge in [0.15, 0.2) is 0 Å². The minimum Gasteiger partial charge on any atom is -0.330 e. The van der Waals surface area contributed by atoms with Crippen LogP contribution in [0.4, 0.5) is 4.39 Å². The van der Waals surface area contributed by atoms with Crippen molar-refractivity contribution in [2.45, 2.75) is 57.0 Å². The summed E-state index contributed by atoms with van der Waals surface area (Å²) >= 11 is 1.56. The molecule has 2 bridgehead atoms. The number of nitrogens with two attached hydrogens (primary N) is 1. The summed E-state index contributed by atoms with van der Waals surface area (Å²) in [7, 11) is 0. The van der Waals surface area contributed by atoms with Gasteiger partial charge in [-0.3, -0.25) is 4.79 Å². The zero-order chi connectivity index (χ0) is 18.7. The maximum atomic E-state index is 14.2. The van der Waals surface area contributed by atoms with E-state index in [-0.39, 0.29) is 23.8 Å². The fourth-order valence-electron chi connectivity index (χ4n) is 4.75. The number of aromatic nitrogens is 1. The third-order valence-electron chi connectivity index (χ3n) is 6.42. The second-order valence-electron chi connectivity index (χ2n) is 8.21. The number of amides is 1. The molecule has 1 saturated heterocycles. The van der Waals surface area contributed by atoms with Gasteiger partial charge in [0, 0.05) is 24.5 Å². The summed E-state index contributed by atoms with van der Waals surface area (Å²) in [4.78, 5) is 21.1. The van der Waals surface area contributed by atoms with Crippen molar-refractivity contribution in [1.29, 1.82) is 0 Å². The smallest absolute Gasteiger partial charge is 0.274 e. The number of nitrogens with zero attached hydrogens (tertiary/aromatic N) is 2. The molecule has 27 heavy (non-hydrogen) atoms. The summed E-state index contributed by atoms with van der Waals surface area (Å²) in [5.74, 6) is 0.723. The first-order chi connectivity index (χ1) is 13.1. The Balaban J connectivity index is 1.56. The van der Waals surface area contributed by atoms with Crippen molar-refractivity contribution in [3.8, 4) is 10.4 Å². The molecular weight excluding hydrogens is 361 g/mol. The number of benzene rings is 1. The summed E-state index contributed by atoms with van der Waals surface area (Å²) in [6, 6.07) is 5.60. The van der Waals surface area contributed by atoms with Gasteiger partial charge in [0.05, 0.1) is 9.88 Å². The Morgan fingerprint density at radius 1 is 1.33 bits per heavy atom. The SMILES string of the molecule is Cc1ccc(-c2sc(C3CC3)nc2C(=O)N2[C@@H]3CC[C@@H](C3)[C@H]2CN)cc1F. The highest BCUT2D eigenvalue weighted by Gasteiger charge is 2.48. The highest BCUT2D eigenvalue weighted by Crippen LogP contribution is 2.47. The van der Waals surface area contributed by atoms with E-state index in [1.165, 1.54) is 6.07 Å². The average Bonchev–Trinajstić information content (AvgIpc) is 3.12. The van der Waals surface area contributed by atoms with E-state index < -0.39 is 0 Å². The third kappa shape index (κ3) is 2.81. The molecule has 1 aliphatic heterocycles. The molecule has 1 aromatic carbocycles. The van der Waals surface area contributed by atoms with E-state index in [2.05, 4.69) is 0 Å². The Morgan fingerprint density at radius 2 is 2.15 bits per heavy atom. The maximum absolute atomic E-state index is 14.2. The number of carbonyl (C=O) groups excluding carboxylic acids is 1. The quantitative estimate of drug-likeness (QED) is 0.862. The zero-order valence-corrected chi connectivity index (χ0v) is 16.3. The lowest BCUT2D eigenvalue weighted by Gasteiger charge is -2.34. The van der Waals surface area contributed by atoms with Crippen LogP contribution in [0, 0.1) is 18.7 Å². The first kappa shape index (κ1) is 17.3. The molecule has 3 fully saturated rings. The molecule has 0 spiro atoms. The van der Waals surface area contributed by atoms with Crippen LogP contribution in [0.25, 0.3) is 10.4 Å². The van der Waals surface area contributed by atoms with Crippen molar-refractivity contribution in [2.24, 2.45) is 11.7 Å². The molecule has 3 aliphatic rings. The molecule has 2 aromatic rings. The molecule has 2 N–H and O–H groups in total. The van der Waals surface area contributed by atoms with Gasteiger partial charge in [-0.25, -0.2) is 9.37 Å². The molecule has 2 heterocycles. The lowest BCUT2D eigenvalue weighted by Crippen LogP contribution is -2.48. The second kappa shape index (κ2) is 6.38. The molecule has 6 heteroatoms. The number of likely N-dealkylation sites (tertiary alicyclic amines) is 1. The van der Waals surface area contributed by atoms with Gasteiger partial charge in [-0.2, -0.15) is 0 Å². The van der Waals surface area contributed by atoms with E-state index in [4.69, 9.17) is 10.7 Å². The number of fused-ring (bicyclic) bond motifs is 2. The van der Waals surface area contributed by atoms with Crippen molar-refractivity contribution in [3.63, 3.8) is 0 Å². The van der Waals surface area contributed by atoms with Crippen LogP contribution in [0.1, 0.15) is 59.1 Å². The molecule has 4 nitrogen and oxygen atoms in total. The number of carbonyl (C=O) groups is 1. The van der Waals surface area contributed by atoms with Crippen LogP contribution in [0.3, 0.4) is 0 Å². The van der Waals surface area contributed by atoms with Crippen LogP contribution in [-0.2, 0) is 0 Å². The van der Waals surface area contributed by atoms with E-state index in [1.54, 1.807) is 24.3 Å². The summed E-state index contributed by atoms with van der Waals surface area (Å²) < 4.78 is 14.2. The van der Waals surface area contributed by atoms with Gasteiger partial charge in [0.1, 0.15) is 11.5 Å². The number of halogens is 1. The fraction of sp³-hybridized carbons (Fsp3) is 0.524. The molecular formula is C21H24FN3OS. The van der Waals surface area contributed by atoms with Crippen LogP contribution in [0.15, 0.2) is 18.2 Å². The highest BCUT2D eigenvalue weighted by atomic mass is 32.1. The molecule has 1 amide bonds. The summed E-state index contributed by atoms with van der Waals surface area (Å²) in [6.07, 6.45) is 5.53. The van der Waals surface area contributed by atoms with Crippen LogP contribution in [0.2, 0.25) is 0 Å². The van der Waals surface area contributed by atoms with Crippen molar-refractivity contribution in [2.75, 3.05) is 6.54 Å². The predicted molar refractivity (Wildman–Crippen MR) is 104 cm³/mol. The monoisotopic (exact) mass is 385 g/mol.